The van der Waals surface area contributed by atoms with Crippen LogP contribution >= 0.6 is 11.8 Å². The number of piperidine rings is 1. The highest BCUT2D eigenvalue weighted by Gasteiger charge is 2.26. The maximum absolute atomic E-state index is 11.8. The second kappa shape index (κ2) is 5.43. The number of amides is 1. The van der Waals surface area contributed by atoms with E-state index >= 15 is 0 Å². The molecule has 0 saturated carbocycles. The van der Waals surface area contributed by atoms with Crippen LogP contribution in [0.2, 0.25) is 0 Å². The molecule has 1 aliphatic rings. The summed E-state index contributed by atoms with van der Waals surface area (Å²) in [5.41, 5.74) is 0.793. The van der Waals surface area contributed by atoms with Crippen LogP contribution in [0.3, 0.4) is 0 Å². The fraction of sp³-hybridized carbons (Fsp3) is 0.545. The van der Waals surface area contributed by atoms with Gasteiger partial charge in [0, 0.05) is 12.7 Å². The average Bonchev–Trinajstić information content (AvgIpc) is 2.68. The van der Waals surface area contributed by atoms with Gasteiger partial charge in [-0.05, 0) is 19.8 Å². The van der Waals surface area contributed by atoms with Gasteiger partial charge < -0.3 is 15.0 Å². The van der Waals surface area contributed by atoms with Gasteiger partial charge in [0.15, 0.2) is 5.16 Å². The number of carbonyl (C=O) groups excluding carboxylic acids is 1. The van der Waals surface area contributed by atoms with Crippen LogP contribution in [0.1, 0.15) is 24.6 Å². The Bertz CT molecular complexity index is 472. The molecule has 2 N–H and O–H groups in total. The minimum absolute atomic E-state index is 0.0178. The zero-order valence-corrected chi connectivity index (χ0v) is 10.9. The van der Waals surface area contributed by atoms with Crippen LogP contribution in [0.25, 0.3) is 0 Å². The van der Waals surface area contributed by atoms with E-state index in [9.17, 15) is 9.59 Å². The molecule has 2 heterocycles. The highest BCUT2D eigenvalue weighted by Crippen LogP contribution is 2.26. The number of aryl methyl sites for hydroxylation is 1. The SMILES string of the molecule is Cc1cn(C2CCCNC2=O)c(SCC(=O)O)n1. The molecule has 1 atom stereocenters. The van der Waals surface area contributed by atoms with Gasteiger partial charge in [-0.15, -0.1) is 0 Å². The first-order chi connectivity index (χ1) is 8.58. The summed E-state index contributed by atoms with van der Waals surface area (Å²) in [6.45, 7) is 2.54. The number of thioether (sulfide) groups is 1. The Morgan fingerprint density at radius 2 is 2.50 bits per heavy atom. The number of nitrogens with zero attached hydrogens (tertiary/aromatic N) is 2. The van der Waals surface area contributed by atoms with Crippen molar-refractivity contribution in [3.8, 4) is 0 Å². The summed E-state index contributed by atoms with van der Waals surface area (Å²) >= 11 is 1.14. The van der Waals surface area contributed by atoms with E-state index in [0.29, 0.717) is 11.7 Å². The summed E-state index contributed by atoms with van der Waals surface area (Å²) < 4.78 is 1.79. The van der Waals surface area contributed by atoms with E-state index in [-0.39, 0.29) is 17.7 Å². The standard InChI is InChI=1S/C11H15N3O3S/c1-7-5-14(8-3-2-4-12-10(8)17)11(13-7)18-6-9(15)16/h5,8H,2-4,6H2,1H3,(H,12,17)(H,15,16). The first kappa shape index (κ1) is 12.9. The first-order valence-corrected chi connectivity index (χ1v) is 6.74. The molecule has 98 valence electrons. The third-order valence-electron chi connectivity index (χ3n) is 2.74. The van der Waals surface area contributed by atoms with Gasteiger partial charge in [-0.1, -0.05) is 11.8 Å². The molecule has 0 radical (unpaired) electrons. The summed E-state index contributed by atoms with van der Waals surface area (Å²) in [5.74, 6) is -0.957. The van der Waals surface area contributed by atoms with Crippen LogP contribution in [-0.4, -0.2) is 38.8 Å². The fourth-order valence-corrected chi connectivity index (χ4v) is 2.76. The Morgan fingerprint density at radius 1 is 1.72 bits per heavy atom. The number of carboxylic acid groups (broad SMARTS) is 1. The number of hydrogen-bond acceptors (Lipinski definition) is 4. The number of hydrogen-bond donors (Lipinski definition) is 2. The van der Waals surface area contributed by atoms with Crippen molar-refractivity contribution in [3.63, 3.8) is 0 Å². The van der Waals surface area contributed by atoms with Gasteiger partial charge in [0.1, 0.15) is 6.04 Å². The quantitative estimate of drug-likeness (QED) is 0.791. The largest absolute Gasteiger partial charge is 0.481 e. The molecule has 0 aliphatic carbocycles. The van der Waals surface area contributed by atoms with Crippen molar-refractivity contribution in [2.75, 3.05) is 12.3 Å². The number of carbonyl (C=O) groups is 2. The molecule has 2 rings (SSSR count). The van der Waals surface area contributed by atoms with Crippen LogP contribution in [0.5, 0.6) is 0 Å². The minimum Gasteiger partial charge on any atom is -0.481 e. The molecule has 0 bridgehead atoms. The van der Waals surface area contributed by atoms with E-state index < -0.39 is 5.97 Å². The second-order valence-corrected chi connectivity index (χ2v) is 5.15. The monoisotopic (exact) mass is 269 g/mol. The van der Waals surface area contributed by atoms with Crippen LogP contribution in [0, 0.1) is 6.92 Å². The molecule has 7 heteroatoms. The molecule has 1 unspecified atom stereocenters. The summed E-state index contributed by atoms with van der Waals surface area (Å²) in [6, 6.07) is -0.267. The number of aromatic nitrogens is 2. The van der Waals surface area contributed by atoms with Gasteiger partial charge in [-0.25, -0.2) is 4.98 Å². The van der Waals surface area contributed by atoms with Crippen molar-refractivity contribution < 1.29 is 14.7 Å². The van der Waals surface area contributed by atoms with Gasteiger partial charge in [0.05, 0.1) is 11.4 Å². The van der Waals surface area contributed by atoms with Crippen LogP contribution in [0.4, 0.5) is 0 Å². The van der Waals surface area contributed by atoms with E-state index in [2.05, 4.69) is 10.3 Å². The Morgan fingerprint density at radius 3 is 3.17 bits per heavy atom. The molecule has 0 aromatic carbocycles. The van der Waals surface area contributed by atoms with E-state index in [1.165, 1.54) is 0 Å². The molecule has 1 saturated heterocycles. The molecule has 18 heavy (non-hydrogen) atoms. The maximum atomic E-state index is 11.8. The van der Waals surface area contributed by atoms with Gasteiger partial charge in [-0.3, -0.25) is 9.59 Å². The zero-order chi connectivity index (χ0) is 13.1. The minimum atomic E-state index is -0.889. The summed E-state index contributed by atoms with van der Waals surface area (Å²) in [7, 11) is 0. The lowest BCUT2D eigenvalue weighted by atomic mass is 10.1. The number of imidazole rings is 1. The average molecular weight is 269 g/mol. The smallest absolute Gasteiger partial charge is 0.313 e. The van der Waals surface area contributed by atoms with E-state index in [1.807, 2.05) is 6.92 Å². The molecule has 6 nitrogen and oxygen atoms in total. The number of carboxylic acids is 1. The first-order valence-electron chi connectivity index (χ1n) is 5.75. The fourth-order valence-electron chi connectivity index (χ4n) is 1.97. The Hall–Kier alpha value is -1.50. The molecular formula is C11H15N3O3S. The van der Waals surface area contributed by atoms with E-state index in [0.717, 1.165) is 30.3 Å². The third kappa shape index (κ3) is 2.84. The van der Waals surface area contributed by atoms with Gasteiger partial charge in [0.2, 0.25) is 5.91 Å². The molecule has 1 fully saturated rings. The zero-order valence-electron chi connectivity index (χ0n) is 10.0. The van der Waals surface area contributed by atoms with Crippen molar-refractivity contribution in [2.24, 2.45) is 0 Å². The number of nitrogens with one attached hydrogen (secondary N) is 1. The van der Waals surface area contributed by atoms with Crippen molar-refractivity contribution in [2.45, 2.75) is 31.0 Å². The van der Waals surface area contributed by atoms with Gasteiger partial charge in [-0.2, -0.15) is 0 Å². The third-order valence-corrected chi connectivity index (χ3v) is 3.69. The molecule has 1 aliphatic heterocycles. The van der Waals surface area contributed by atoms with Crippen LogP contribution in [0.15, 0.2) is 11.4 Å². The molecule has 0 spiro atoms. The lowest BCUT2D eigenvalue weighted by Gasteiger charge is -2.24. The Labute approximate surface area is 109 Å². The lowest BCUT2D eigenvalue weighted by molar-refractivity contribution is -0.134. The van der Waals surface area contributed by atoms with Crippen LogP contribution < -0.4 is 5.32 Å². The predicted octanol–water partition coefficient (Wildman–Crippen LogP) is 0.819. The van der Waals surface area contributed by atoms with Crippen molar-refractivity contribution in [1.82, 2.24) is 14.9 Å². The van der Waals surface area contributed by atoms with Crippen molar-refractivity contribution >= 4 is 23.6 Å². The molecule has 1 amide bonds. The molecule has 1 aromatic heterocycles. The lowest BCUT2D eigenvalue weighted by Crippen LogP contribution is -2.37. The summed E-state index contributed by atoms with van der Waals surface area (Å²) in [5, 5.41) is 12.1. The van der Waals surface area contributed by atoms with Crippen LogP contribution in [-0.2, 0) is 9.59 Å². The molecule has 1 aromatic rings. The van der Waals surface area contributed by atoms with E-state index in [1.54, 1.807) is 10.8 Å². The van der Waals surface area contributed by atoms with Crippen molar-refractivity contribution in [3.05, 3.63) is 11.9 Å². The Kier molecular flexibility index (Phi) is 3.90. The van der Waals surface area contributed by atoms with Crippen molar-refractivity contribution in [1.29, 1.82) is 0 Å². The maximum Gasteiger partial charge on any atom is 0.313 e. The normalized spacial score (nSPS) is 19.6. The topological polar surface area (TPSA) is 84.2 Å². The van der Waals surface area contributed by atoms with E-state index in [4.69, 9.17) is 5.11 Å². The second-order valence-electron chi connectivity index (χ2n) is 4.20. The highest BCUT2D eigenvalue weighted by atomic mass is 32.2. The summed E-state index contributed by atoms with van der Waals surface area (Å²) in [6.07, 6.45) is 3.50. The number of aliphatic carboxylic acids is 1. The highest BCUT2D eigenvalue weighted by molar-refractivity contribution is 7.99. The van der Waals surface area contributed by atoms with Gasteiger partial charge >= 0.3 is 5.97 Å². The number of rotatable bonds is 4. The van der Waals surface area contributed by atoms with Gasteiger partial charge in [0.25, 0.3) is 0 Å². The molecular weight excluding hydrogens is 254 g/mol. The predicted molar refractivity (Wildman–Crippen MR) is 66.6 cm³/mol. The Balaban J connectivity index is 2.20. The summed E-state index contributed by atoms with van der Waals surface area (Å²) in [4.78, 5) is 26.7.